The van der Waals surface area contributed by atoms with E-state index >= 15 is 0 Å². The fourth-order valence-electron chi connectivity index (χ4n) is 3.05. The SMILES string of the molecule is COc1ccc(NC(=O)Cn2cc(NC(=O)C(N)C3CCOCC3)cn2)cc1. The van der Waals surface area contributed by atoms with E-state index in [-0.39, 0.29) is 24.3 Å². The molecule has 0 radical (unpaired) electrons. The third-order valence-corrected chi connectivity index (χ3v) is 4.66. The van der Waals surface area contributed by atoms with Crippen LogP contribution >= 0.6 is 0 Å². The number of amides is 2. The van der Waals surface area contributed by atoms with Crippen molar-refractivity contribution >= 4 is 23.2 Å². The number of hydrogen-bond donors (Lipinski definition) is 3. The second kappa shape index (κ2) is 9.34. The van der Waals surface area contributed by atoms with E-state index in [9.17, 15) is 9.59 Å². The zero-order chi connectivity index (χ0) is 19.9. The first kappa shape index (κ1) is 19.8. The summed E-state index contributed by atoms with van der Waals surface area (Å²) in [6.07, 6.45) is 4.65. The zero-order valence-electron chi connectivity index (χ0n) is 15.8. The number of methoxy groups -OCH3 is 1. The van der Waals surface area contributed by atoms with Gasteiger partial charge in [-0.3, -0.25) is 14.3 Å². The first-order valence-corrected chi connectivity index (χ1v) is 9.15. The van der Waals surface area contributed by atoms with Crippen LogP contribution in [0, 0.1) is 5.92 Å². The minimum atomic E-state index is -0.592. The summed E-state index contributed by atoms with van der Waals surface area (Å²) < 4.78 is 11.8. The van der Waals surface area contributed by atoms with E-state index in [1.807, 2.05) is 0 Å². The first-order valence-electron chi connectivity index (χ1n) is 9.15. The summed E-state index contributed by atoms with van der Waals surface area (Å²) >= 11 is 0. The number of hydrogen-bond acceptors (Lipinski definition) is 6. The smallest absolute Gasteiger partial charge is 0.246 e. The molecule has 9 nitrogen and oxygen atoms in total. The van der Waals surface area contributed by atoms with Gasteiger partial charge >= 0.3 is 0 Å². The molecule has 9 heteroatoms. The number of nitrogens with two attached hydrogens (primary N) is 1. The lowest BCUT2D eigenvalue weighted by Gasteiger charge is -2.26. The monoisotopic (exact) mass is 387 g/mol. The molecule has 150 valence electrons. The van der Waals surface area contributed by atoms with Gasteiger partial charge in [0.15, 0.2) is 0 Å². The van der Waals surface area contributed by atoms with Crippen LogP contribution in [0.1, 0.15) is 12.8 Å². The Balaban J connectivity index is 1.50. The van der Waals surface area contributed by atoms with E-state index in [2.05, 4.69) is 15.7 Å². The van der Waals surface area contributed by atoms with Crippen molar-refractivity contribution in [3.05, 3.63) is 36.7 Å². The lowest BCUT2D eigenvalue weighted by atomic mass is 9.92. The van der Waals surface area contributed by atoms with Crippen molar-refractivity contribution < 1.29 is 19.1 Å². The molecule has 3 rings (SSSR count). The average molecular weight is 387 g/mol. The van der Waals surface area contributed by atoms with Crippen molar-refractivity contribution in [2.24, 2.45) is 11.7 Å². The molecule has 1 aromatic heterocycles. The normalized spacial score (nSPS) is 15.6. The lowest BCUT2D eigenvalue weighted by Crippen LogP contribution is -2.43. The molecule has 28 heavy (non-hydrogen) atoms. The highest BCUT2D eigenvalue weighted by Gasteiger charge is 2.26. The van der Waals surface area contributed by atoms with Crippen LogP contribution in [0.4, 0.5) is 11.4 Å². The van der Waals surface area contributed by atoms with Crippen molar-refractivity contribution in [3.8, 4) is 5.75 Å². The molecule has 2 aromatic rings. The van der Waals surface area contributed by atoms with E-state index in [1.54, 1.807) is 37.6 Å². The standard InChI is InChI=1S/C19H25N5O4/c1-27-16-4-2-14(3-5-16)22-17(25)12-24-11-15(10-21-24)23-19(26)18(20)13-6-8-28-9-7-13/h2-5,10-11,13,18H,6-9,12,20H2,1H3,(H,22,25)(H,23,26). The topological polar surface area (TPSA) is 120 Å². The van der Waals surface area contributed by atoms with Crippen LogP contribution in [0.3, 0.4) is 0 Å². The number of anilines is 2. The van der Waals surface area contributed by atoms with E-state index in [1.165, 1.54) is 10.9 Å². The summed E-state index contributed by atoms with van der Waals surface area (Å²) in [5, 5.41) is 9.65. The lowest BCUT2D eigenvalue weighted by molar-refractivity contribution is -0.119. The highest BCUT2D eigenvalue weighted by molar-refractivity contribution is 5.95. The third kappa shape index (κ3) is 5.30. The summed E-state index contributed by atoms with van der Waals surface area (Å²) in [5.74, 6) is 0.336. The van der Waals surface area contributed by atoms with Gasteiger partial charge in [0.25, 0.3) is 0 Å². The Morgan fingerprint density at radius 1 is 1.25 bits per heavy atom. The summed E-state index contributed by atoms with van der Waals surface area (Å²) in [6.45, 7) is 1.29. The molecule has 1 aliphatic heterocycles. The molecule has 2 amide bonds. The minimum absolute atomic E-state index is 0.0217. The molecular formula is C19H25N5O4. The van der Waals surface area contributed by atoms with Crippen molar-refractivity contribution in [1.29, 1.82) is 0 Å². The number of rotatable bonds is 7. The number of aromatic nitrogens is 2. The number of nitrogens with zero attached hydrogens (tertiary/aromatic N) is 2. The van der Waals surface area contributed by atoms with Crippen LogP contribution in [0.5, 0.6) is 5.75 Å². The molecule has 1 saturated heterocycles. The predicted octanol–water partition coefficient (Wildman–Crippen LogP) is 1.22. The first-order chi connectivity index (χ1) is 13.5. The van der Waals surface area contributed by atoms with E-state index in [4.69, 9.17) is 15.2 Å². The van der Waals surface area contributed by atoms with Gasteiger partial charge in [-0.1, -0.05) is 0 Å². The highest BCUT2D eigenvalue weighted by Crippen LogP contribution is 2.19. The van der Waals surface area contributed by atoms with Gasteiger partial charge in [-0.25, -0.2) is 0 Å². The molecule has 4 N–H and O–H groups in total. The van der Waals surface area contributed by atoms with Crippen LogP contribution in [0.25, 0.3) is 0 Å². The van der Waals surface area contributed by atoms with Gasteiger partial charge in [0.2, 0.25) is 11.8 Å². The van der Waals surface area contributed by atoms with Gasteiger partial charge in [0.05, 0.1) is 25.0 Å². The molecule has 1 atom stereocenters. The maximum atomic E-state index is 12.3. The van der Waals surface area contributed by atoms with Crippen LogP contribution < -0.4 is 21.1 Å². The number of carbonyl (C=O) groups is 2. The second-order valence-corrected chi connectivity index (χ2v) is 6.67. The zero-order valence-corrected chi connectivity index (χ0v) is 15.8. The molecule has 1 unspecified atom stereocenters. The molecule has 1 fully saturated rings. The molecule has 0 saturated carbocycles. The highest BCUT2D eigenvalue weighted by atomic mass is 16.5. The van der Waals surface area contributed by atoms with Gasteiger partial charge in [-0.2, -0.15) is 5.10 Å². The Morgan fingerprint density at radius 3 is 2.64 bits per heavy atom. The number of nitrogens with one attached hydrogen (secondary N) is 2. The Bertz CT molecular complexity index is 799. The Kier molecular flexibility index (Phi) is 6.62. The maximum absolute atomic E-state index is 12.3. The van der Waals surface area contributed by atoms with Crippen LogP contribution in [0.15, 0.2) is 36.7 Å². The van der Waals surface area contributed by atoms with E-state index in [0.717, 1.165) is 12.8 Å². The number of ether oxygens (including phenoxy) is 2. The van der Waals surface area contributed by atoms with E-state index in [0.29, 0.717) is 30.3 Å². The molecular weight excluding hydrogens is 362 g/mol. The molecule has 0 spiro atoms. The average Bonchev–Trinajstić information content (AvgIpc) is 3.15. The summed E-state index contributed by atoms with van der Waals surface area (Å²) in [5.41, 5.74) is 7.23. The summed E-state index contributed by atoms with van der Waals surface area (Å²) in [4.78, 5) is 24.5. The fraction of sp³-hybridized carbons (Fsp3) is 0.421. The van der Waals surface area contributed by atoms with Gasteiger partial charge < -0.3 is 25.8 Å². The maximum Gasteiger partial charge on any atom is 0.246 e. The summed E-state index contributed by atoms with van der Waals surface area (Å²) in [7, 11) is 1.58. The van der Waals surface area contributed by atoms with Crippen molar-refractivity contribution in [3.63, 3.8) is 0 Å². The molecule has 2 heterocycles. The van der Waals surface area contributed by atoms with Gasteiger partial charge in [-0.05, 0) is 43.0 Å². The van der Waals surface area contributed by atoms with Gasteiger partial charge in [-0.15, -0.1) is 0 Å². The third-order valence-electron chi connectivity index (χ3n) is 4.66. The quantitative estimate of drug-likeness (QED) is 0.657. The predicted molar refractivity (Wildman–Crippen MR) is 104 cm³/mol. The number of benzene rings is 1. The Hall–Kier alpha value is -2.91. The van der Waals surface area contributed by atoms with Gasteiger partial charge in [0.1, 0.15) is 12.3 Å². The largest absolute Gasteiger partial charge is 0.497 e. The molecule has 1 aliphatic rings. The molecule has 0 bridgehead atoms. The molecule has 1 aromatic carbocycles. The fourth-order valence-corrected chi connectivity index (χ4v) is 3.05. The van der Waals surface area contributed by atoms with Crippen molar-refractivity contribution in [2.45, 2.75) is 25.4 Å². The minimum Gasteiger partial charge on any atom is -0.497 e. The number of carbonyl (C=O) groups excluding carboxylic acids is 2. The van der Waals surface area contributed by atoms with E-state index < -0.39 is 6.04 Å². The summed E-state index contributed by atoms with van der Waals surface area (Å²) in [6, 6.07) is 6.44. The van der Waals surface area contributed by atoms with Crippen molar-refractivity contribution in [1.82, 2.24) is 9.78 Å². The van der Waals surface area contributed by atoms with Crippen molar-refractivity contribution in [2.75, 3.05) is 31.0 Å². The van der Waals surface area contributed by atoms with Crippen LogP contribution in [-0.2, 0) is 20.9 Å². The van der Waals surface area contributed by atoms with Gasteiger partial charge in [0, 0.05) is 25.1 Å². The van der Waals surface area contributed by atoms with Crippen LogP contribution in [-0.4, -0.2) is 48.0 Å². The Morgan fingerprint density at radius 2 is 1.96 bits per heavy atom. The second-order valence-electron chi connectivity index (χ2n) is 6.67. The van der Waals surface area contributed by atoms with Crippen LogP contribution in [0.2, 0.25) is 0 Å². The Labute approximate surface area is 163 Å². The molecule has 0 aliphatic carbocycles.